The largest absolute Gasteiger partial charge is 0.318 e. The fourth-order valence-corrected chi connectivity index (χ4v) is 2.07. The van der Waals surface area contributed by atoms with E-state index in [2.05, 4.69) is 11.4 Å². The number of nitrogens with one attached hydrogen (secondary N) is 1. The summed E-state index contributed by atoms with van der Waals surface area (Å²) in [5.41, 5.74) is 0. The second-order valence-corrected chi connectivity index (χ2v) is 3.69. The molecule has 1 unspecified atom stereocenters. The van der Waals surface area contributed by atoms with Crippen molar-refractivity contribution in [2.24, 2.45) is 11.8 Å². The van der Waals surface area contributed by atoms with E-state index in [0.717, 1.165) is 6.54 Å². The monoisotopic (exact) mass is 166 g/mol. The van der Waals surface area contributed by atoms with Crippen molar-refractivity contribution in [1.82, 2.24) is 5.32 Å². The van der Waals surface area contributed by atoms with Crippen LogP contribution in [0, 0.1) is 23.2 Å². The van der Waals surface area contributed by atoms with Gasteiger partial charge in [0.05, 0.1) is 12.0 Å². The standard InChI is InChI=1S/C10H18N2/c1-12-8-10(7-11)9-5-3-2-4-6-9/h9-10,12H,2-6,8H2,1H3. The Labute approximate surface area is 75.0 Å². The van der Waals surface area contributed by atoms with Gasteiger partial charge in [-0.2, -0.15) is 5.26 Å². The van der Waals surface area contributed by atoms with Gasteiger partial charge in [-0.3, -0.25) is 0 Å². The molecule has 2 heteroatoms. The van der Waals surface area contributed by atoms with E-state index in [0.29, 0.717) is 5.92 Å². The van der Waals surface area contributed by atoms with Crippen LogP contribution >= 0.6 is 0 Å². The zero-order chi connectivity index (χ0) is 8.81. The molecule has 1 N–H and O–H groups in total. The quantitative estimate of drug-likeness (QED) is 0.695. The van der Waals surface area contributed by atoms with Crippen LogP contribution in [0.25, 0.3) is 0 Å². The number of rotatable bonds is 3. The summed E-state index contributed by atoms with van der Waals surface area (Å²) in [5.74, 6) is 0.909. The summed E-state index contributed by atoms with van der Waals surface area (Å²) in [6.07, 6.45) is 6.55. The van der Waals surface area contributed by atoms with Gasteiger partial charge in [-0.15, -0.1) is 0 Å². The third kappa shape index (κ3) is 2.49. The van der Waals surface area contributed by atoms with Crippen molar-refractivity contribution >= 4 is 0 Å². The van der Waals surface area contributed by atoms with E-state index in [-0.39, 0.29) is 5.92 Å². The first kappa shape index (κ1) is 9.54. The molecule has 0 radical (unpaired) electrons. The van der Waals surface area contributed by atoms with E-state index in [9.17, 15) is 0 Å². The van der Waals surface area contributed by atoms with Gasteiger partial charge in [0.15, 0.2) is 0 Å². The van der Waals surface area contributed by atoms with E-state index in [1.807, 2.05) is 7.05 Å². The molecule has 0 aromatic carbocycles. The van der Waals surface area contributed by atoms with Gasteiger partial charge in [0, 0.05) is 6.54 Å². The third-order valence-electron chi connectivity index (χ3n) is 2.81. The molecule has 1 aliphatic rings. The molecule has 1 fully saturated rings. The van der Waals surface area contributed by atoms with Crippen molar-refractivity contribution in [2.45, 2.75) is 32.1 Å². The lowest BCUT2D eigenvalue weighted by Gasteiger charge is -2.25. The van der Waals surface area contributed by atoms with Gasteiger partial charge in [-0.05, 0) is 25.8 Å². The molecule has 1 aliphatic carbocycles. The molecule has 12 heavy (non-hydrogen) atoms. The summed E-state index contributed by atoms with van der Waals surface area (Å²) in [6, 6.07) is 2.41. The van der Waals surface area contributed by atoms with Crippen molar-refractivity contribution in [1.29, 1.82) is 5.26 Å². The summed E-state index contributed by atoms with van der Waals surface area (Å²) in [6.45, 7) is 0.862. The predicted molar refractivity (Wildman–Crippen MR) is 49.6 cm³/mol. The second-order valence-electron chi connectivity index (χ2n) is 3.69. The molecule has 0 amide bonds. The Morgan fingerprint density at radius 1 is 1.42 bits per heavy atom. The SMILES string of the molecule is CNCC(C#N)C1CCCCC1. The maximum atomic E-state index is 8.92. The van der Waals surface area contributed by atoms with E-state index in [4.69, 9.17) is 5.26 Å². The van der Waals surface area contributed by atoms with Gasteiger partial charge < -0.3 is 5.32 Å². The second kappa shape index (κ2) is 5.16. The molecular weight excluding hydrogens is 148 g/mol. The van der Waals surface area contributed by atoms with Crippen LogP contribution in [-0.2, 0) is 0 Å². The van der Waals surface area contributed by atoms with Crippen LogP contribution in [0.15, 0.2) is 0 Å². The smallest absolute Gasteiger partial charge is 0.0672 e. The predicted octanol–water partition coefficient (Wildman–Crippen LogP) is 1.93. The van der Waals surface area contributed by atoms with Gasteiger partial charge in [0.2, 0.25) is 0 Å². The summed E-state index contributed by atoms with van der Waals surface area (Å²) >= 11 is 0. The first-order valence-electron chi connectivity index (χ1n) is 4.92. The fraction of sp³-hybridized carbons (Fsp3) is 0.900. The minimum atomic E-state index is 0.246. The third-order valence-corrected chi connectivity index (χ3v) is 2.81. The first-order chi connectivity index (χ1) is 5.88. The van der Waals surface area contributed by atoms with Crippen molar-refractivity contribution in [2.75, 3.05) is 13.6 Å². The lowest BCUT2D eigenvalue weighted by atomic mass is 9.80. The van der Waals surface area contributed by atoms with Crippen molar-refractivity contribution in [3.8, 4) is 6.07 Å². The molecular formula is C10H18N2. The molecule has 1 rings (SSSR count). The maximum absolute atomic E-state index is 8.92. The van der Waals surface area contributed by atoms with Gasteiger partial charge in [-0.1, -0.05) is 19.3 Å². The summed E-state index contributed by atoms with van der Waals surface area (Å²) in [4.78, 5) is 0. The van der Waals surface area contributed by atoms with E-state index in [1.54, 1.807) is 0 Å². The van der Waals surface area contributed by atoms with Crippen molar-refractivity contribution < 1.29 is 0 Å². The number of hydrogen-bond donors (Lipinski definition) is 1. The van der Waals surface area contributed by atoms with Crippen LogP contribution < -0.4 is 5.32 Å². The average Bonchev–Trinajstić information content (AvgIpc) is 2.15. The van der Waals surface area contributed by atoms with Crippen LogP contribution in [0.3, 0.4) is 0 Å². The molecule has 0 aromatic heterocycles. The number of hydrogen-bond acceptors (Lipinski definition) is 2. The summed E-state index contributed by atoms with van der Waals surface area (Å²) in [5, 5.41) is 12.0. The van der Waals surface area contributed by atoms with E-state index < -0.39 is 0 Å². The topological polar surface area (TPSA) is 35.8 Å². The highest BCUT2D eigenvalue weighted by Gasteiger charge is 2.22. The van der Waals surface area contributed by atoms with E-state index >= 15 is 0 Å². The Hall–Kier alpha value is -0.550. The highest BCUT2D eigenvalue weighted by atomic mass is 14.8. The normalized spacial score (nSPS) is 21.7. The van der Waals surface area contributed by atoms with Crippen LogP contribution in [0.5, 0.6) is 0 Å². The lowest BCUT2D eigenvalue weighted by Crippen LogP contribution is -2.26. The Morgan fingerprint density at radius 3 is 2.58 bits per heavy atom. The Kier molecular flexibility index (Phi) is 4.10. The maximum Gasteiger partial charge on any atom is 0.0672 e. The fourth-order valence-electron chi connectivity index (χ4n) is 2.07. The van der Waals surface area contributed by atoms with Gasteiger partial charge >= 0.3 is 0 Å². The average molecular weight is 166 g/mol. The molecule has 0 aliphatic heterocycles. The lowest BCUT2D eigenvalue weighted by molar-refractivity contribution is 0.287. The molecule has 0 heterocycles. The summed E-state index contributed by atoms with van der Waals surface area (Å²) in [7, 11) is 1.92. The highest BCUT2D eigenvalue weighted by molar-refractivity contribution is 4.90. The van der Waals surface area contributed by atoms with E-state index in [1.165, 1.54) is 32.1 Å². The van der Waals surface area contributed by atoms with Crippen LogP contribution in [0.1, 0.15) is 32.1 Å². The first-order valence-corrected chi connectivity index (χ1v) is 4.92. The zero-order valence-corrected chi connectivity index (χ0v) is 7.84. The van der Waals surface area contributed by atoms with Crippen LogP contribution in [0.4, 0.5) is 0 Å². The van der Waals surface area contributed by atoms with Crippen molar-refractivity contribution in [3.63, 3.8) is 0 Å². The minimum absolute atomic E-state index is 0.246. The molecule has 0 bridgehead atoms. The molecule has 1 saturated carbocycles. The van der Waals surface area contributed by atoms with Gasteiger partial charge in [0.25, 0.3) is 0 Å². The number of nitrogens with zero attached hydrogens (tertiary/aromatic N) is 1. The Balaban J connectivity index is 2.36. The van der Waals surface area contributed by atoms with Crippen LogP contribution in [0.2, 0.25) is 0 Å². The van der Waals surface area contributed by atoms with Gasteiger partial charge in [-0.25, -0.2) is 0 Å². The molecule has 0 saturated heterocycles. The molecule has 2 nitrogen and oxygen atoms in total. The van der Waals surface area contributed by atoms with Crippen molar-refractivity contribution in [3.05, 3.63) is 0 Å². The van der Waals surface area contributed by atoms with Gasteiger partial charge in [0.1, 0.15) is 0 Å². The molecule has 0 aromatic rings. The molecule has 0 spiro atoms. The Bertz CT molecular complexity index is 154. The van der Waals surface area contributed by atoms with Crippen LogP contribution in [-0.4, -0.2) is 13.6 Å². The number of nitriles is 1. The molecule has 1 atom stereocenters. The highest BCUT2D eigenvalue weighted by Crippen LogP contribution is 2.29. The zero-order valence-electron chi connectivity index (χ0n) is 7.84. The Morgan fingerprint density at radius 2 is 2.08 bits per heavy atom. The molecule has 68 valence electrons. The summed E-state index contributed by atoms with van der Waals surface area (Å²) < 4.78 is 0. The minimum Gasteiger partial charge on any atom is -0.318 e.